The third-order valence-electron chi connectivity index (χ3n) is 4.23. The van der Waals surface area contributed by atoms with Gasteiger partial charge in [0.15, 0.2) is 0 Å². The number of hydrogen-bond acceptors (Lipinski definition) is 2. The molecule has 2 atom stereocenters. The van der Waals surface area contributed by atoms with E-state index < -0.39 is 0 Å². The monoisotopic (exact) mass is 306 g/mol. The standard InChI is InChI=1S/C18H27FN2O/c1-14-10-15(2)13-21(12-14)9-5-8-20-18(22)11-16-6-3-4-7-17(16)19/h3-4,6-7,14-15H,5,8-13H2,1-2H3,(H,20,22). The summed E-state index contributed by atoms with van der Waals surface area (Å²) >= 11 is 0. The van der Waals surface area contributed by atoms with E-state index in [0.29, 0.717) is 12.1 Å². The summed E-state index contributed by atoms with van der Waals surface area (Å²) in [6, 6.07) is 6.44. The van der Waals surface area contributed by atoms with Crippen molar-refractivity contribution in [3.8, 4) is 0 Å². The molecule has 1 amide bonds. The topological polar surface area (TPSA) is 32.3 Å². The Kier molecular flexibility index (Phi) is 6.37. The Morgan fingerprint density at radius 1 is 1.27 bits per heavy atom. The minimum absolute atomic E-state index is 0.106. The number of likely N-dealkylation sites (tertiary alicyclic amines) is 1. The number of nitrogens with one attached hydrogen (secondary N) is 1. The highest BCUT2D eigenvalue weighted by molar-refractivity contribution is 5.78. The summed E-state index contributed by atoms with van der Waals surface area (Å²) in [4.78, 5) is 14.3. The molecule has 0 spiro atoms. The summed E-state index contributed by atoms with van der Waals surface area (Å²) in [5, 5.41) is 2.89. The molecule has 2 unspecified atom stereocenters. The zero-order chi connectivity index (χ0) is 15.9. The van der Waals surface area contributed by atoms with E-state index in [-0.39, 0.29) is 18.1 Å². The number of halogens is 1. The number of carbonyl (C=O) groups excluding carboxylic acids is 1. The van der Waals surface area contributed by atoms with Crippen LogP contribution in [0, 0.1) is 17.7 Å². The zero-order valence-corrected chi connectivity index (χ0v) is 13.6. The lowest BCUT2D eigenvalue weighted by molar-refractivity contribution is -0.120. The molecule has 0 aromatic heterocycles. The van der Waals surface area contributed by atoms with Gasteiger partial charge in [0.05, 0.1) is 6.42 Å². The van der Waals surface area contributed by atoms with Crippen LogP contribution in [0.3, 0.4) is 0 Å². The van der Waals surface area contributed by atoms with Gasteiger partial charge in [0.25, 0.3) is 0 Å². The van der Waals surface area contributed by atoms with Crippen LogP contribution in [0.4, 0.5) is 4.39 Å². The maximum Gasteiger partial charge on any atom is 0.224 e. The average Bonchev–Trinajstić information content (AvgIpc) is 2.45. The SMILES string of the molecule is CC1CC(C)CN(CCCNC(=O)Cc2ccccc2F)C1. The van der Waals surface area contributed by atoms with E-state index in [2.05, 4.69) is 24.1 Å². The fraction of sp³-hybridized carbons (Fsp3) is 0.611. The Bertz CT molecular complexity index is 482. The summed E-state index contributed by atoms with van der Waals surface area (Å²) in [7, 11) is 0. The molecular weight excluding hydrogens is 279 g/mol. The smallest absolute Gasteiger partial charge is 0.224 e. The van der Waals surface area contributed by atoms with Gasteiger partial charge in [-0.25, -0.2) is 4.39 Å². The third kappa shape index (κ3) is 5.41. The summed E-state index contributed by atoms with van der Waals surface area (Å²) in [5.41, 5.74) is 0.457. The van der Waals surface area contributed by atoms with Gasteiger partial charge in [-0.2, -0.15) is 0 Å². The molecule has 4 heteroatoms. The van der Waals surface area contributed by atoms with Crippen molar-refractivity contribution in [3.05, 3.63) is 35.6 Å². The lowest BCUT2D eigenvalue weighted by Gasteiger charge is -2.34. The molecule has 1 N–H and O–H groups in total. The molecule has 0 bridgehead atoms. The maximum atomic E-state index is 13.5. The van der Waals surface area contributed by atoms with Crippen molar-refractivity contribution in [1.82, 2.24) is 10.2 Å². The van der Waals surface area contributed by atoms with Gasteiger partial charge in [-0.1, -0.05) is 32.0 Å². The number of hydrogen-bond donors (Lipinski definition) is 1. The first-order valence-electron chi connectivity index (χ1n) is 8.27. The molecule has 1 aliphatic heterocycles. The van der Waals surface area contributed by atoms with Crippen LogP contribution in [0.25, 0.3) is 0 Å². The van der Waals surface area contributed by atoms with Gasteiger partial charge < -0.3 is 10.2 Å². The van der Waals surface area contributed by atoms with E-state index in [1.165, 1.54) is 12.5 Å². The molecule has 3 nitrogen and oxygen atoms in total. The first-order valence-corrected chi connectivity index (χ1v) is 8.27. The second-order valence-electron chi connectivity index (χ2n) is 6.68. The molecule has 1 aromatic carbocycles. The predicted molar refractivity (Wildman–Crippen MR) is 87.1 cm³/mol. The van der Waals surface area contributed by atoms with E-state index in [0.717, 1.165) is 37.9 Å². The first kappa shape index (κ1) is 16.9. The highest BCUT2D eigenvalue weighted by atomic mass is 19.1. The van der Waals surface area contributed by atoms with Crippen LogP contribution < -0.4 is 5.32 Å². The molecule has 1 heterocycles. The van der Waals surface area contributed by atoms with Gasteiger partial charge in [-0.05, 0) is 42.9 Å². The van der Waals surface area contributed by atoms with Gasteiger partial charge in [-0.15, -0.1) is 0 Å². The summed E-state index contributed by atoms with van der Waals surface area (Å²) in [5.74, 6) is 1.11. The number of carbonyl (C=O) groups is 1. The highest BCUT2D eigenvalue weighted by Gasteiger charge is 2.21. The lowest BCUT2D eigenvalue weighted by atomic mass is 9.92. The Morgan fingerprint density at radius 3 is 2.64 bits per heavy atom. The minimum Gasteiger partial charge on any atom is -0.356 e. The molecule has 1 saturated heterocycles. The van der Waals surface area contributed by atoms with Crippen molar-refractivity contribution >= 4 is 5.91 Å². The van der Waals surface area contributed by atoms with Gasteiger partial charge >= 0.3 is 0 Å². The lowest BCUT2D eigenvalue weighted by Crippen LogP contribution is -2.40. The van der Waals surface area contributed by atoms with Crippen molar-refractivity contribution in [1.29, 1.82) is 0 Å². The van der Waals surface area contributed by atoms with E-state index in [1.54, 1.807) is 18.2 Å². The van der Waals surface area contributed by atoms with Crippen LogP contribution in [-0.2, 0) is 11.2 Å². The number of rotatable bonds is 6. The Balaban J connectivity index is 1.64. The summed E-state index contributed by atoms with van der Waals surface area (Å²) in [6.07, 6.45) is 2.38. The maximum absolute atomic E-state index is 13.5. The molecular formula is C18H27FN2O. The molecule has 0 aliphatic carbocycles. The molecule has 0 saturated carbocycles. The van der Waals surface area contributed by atoms with Crippen LogP contribution in [-0.4, -0.2) is 37.0 Å². The molecule has 2 rings (SSSR count). The molecule has 0 radical (unpaired) electrons. The normalized spacial score (nSPS) is 22.5. The van der Waals surface area contributed by atoms with Crippen molar-refractivity contribution in [2.45, 2.75) is 33.1 Å². The van der Waals surface area contributed by atoms with E-state index in [4.69, 9.17) is 0 Å². The Morgan fingerprint density at radius 2 is 1.95 bits per heavy atom. The molecule has 1 aliphatic rings. The van der Waals surface area contributed by atoms with Crippen LogP contribution in [0.1, 0.15) is 32.3 Å². The van der Waals surface area contributed by atoms with Crippen molar-refractivity contribution in [2.24, 2.45) is 11.8 Å². The molecule has 22 heavy (non-hydrogen) atoms. The van der Waals surface area contributed by atoms with Crippen molar-refractivity contribution < 1.29 is 9.18 Å². The van der Waals surface area contributed by atoms with E-state index in [9.17, 15) is 9.18 Å². The average molecular weight is 306 g/mol. The first-order chi connectivity index (χ1) is 10.5. The predicted octanol–water partition coefficient (Wildman–Crippen LogP) is 2.85. The van der Waals surface area contributed by atoms with Gasteiger partial charge in [0.1, 0.15) is 5.82 Å². The fourth-order valence-corrected chi connectivity index (χ4v) is 3.38. The van der Waals surface area contributed by atoms with E-state index in [1.807, 2.05) is 0 Å². The van der Waals surface area contributed by atoms with Gasteiger partial charge in [-0.3, -0.25) is 4.79 Å². The van der Waals surface area contributed by atoms with Crippen LogP contribution in [0.5, 0.6) is 0 Å². The number of piperidine rings is 1. The summed E-state index contributed by atoms with van der Waals surface area (Å²) < 4.78 is 13.5. The fourth-order valence-electron chi connectivity index (χ4n) is 3.38. The van der Waals surface area contributed by atoms with Crippen LogP contribution in [0.15, 0.2) is 24.3 Å². The quantitative estimate of drug-likeness (QED) is 0.820. The molecule has 1 fully saturated rings. The van der Waals surface area contributed by atoms with Crippen molar-refractivity contribution in [2.75, 3.05) is 26.2 Å². The number of benzene rings is 1. The summed E-state index contributed by atoms with van der Waals surface area (Å²) in [6.45, 7) is 8.61. The largest absolute Gasteiger partial charge is 0.356 e. The second-order valence-corrected chi connectivity index (χ2v) is 6.68. The van der Waals surface area contributed by atoms with Gasteiger partial charge in [0.2, 0.25) is 5.91 Å². The molecule has 122 valence electrons. The van der Waals surface area contributed by atoms with Crippen LogP contribution >= 0.6 is 0 Å². The molecule has 1 aromatic rings. The highest BCUT2D eigenvalue weighted by Crippen LogP contribution is 2.20. The van der Waals surface area contributed by atoms with E-state index >= 15 is 0 Å². The zero-order valence-electron chi connectivity index (χ0n) is 13.6. The number of amides is 1. The van der Waals surface area contributed by atoms with Crippen LogP contribution in [0.2, 0.25) is 0 Å². The number of nitrogens with zero attached hydrogens (tertiary/aromatic N) is 1. The third-order valence-corrected chi connectivity index (χ3v) is 4.23. The van der Waals surface area contributed by atoms with Crippen molar-refractivity contribution in [3.63, 3.8) is 0 Å². The Labute approximate surface area is 132 Å². The van der Waals surface area contributed by atoms with Gasteiger partial charge in [0, 0.05) is 19.6 Å². The second kappa shape index (κ2) is 8.28. The minimum atomic E-state index is -0.311. The Hall–Kier alpha value is -1.42.